The number of hydrogen-bond donors (Lipinski definition) is 1. The summed E-state index contributed by atoms with van der Waals surface area (Å²) in [5, 5.41) is 0. The number of sulfone groups is 1. The predicted octanol–water partition coefficient (Wildman–Crippen LogP) is 0.767. The van der Waals surface area contributed by atoms with E-state index in [1.807, 2.05) is 0 Å². The van der Waals surface area contributed by atoms with Gasteiger partial charge in [-0.25, -0.2) is 8.42 Å². The van der Waals surface area contributed by atoms with Crippen molar-refractivity contribution in [3.05, 3.63) is 17.7 Å². The topological polar surface area (TPSA) is 78.6 Å². The van der Waals surface area contributed by atoms with Gasteiger partial charge >= 0.3 is 0 Å². The highest BCUT2D eigenvalue weighted by molar-refractivity contribution is 7.90. The quantitative estimate of drug-likeness (QED) is 0.844. The molecule has 0 unspecified atom stereocenters. The van der Waals surface area contributed by atoms with Crippen molar-refractivity contribution < 1.29 is 17.9 Å². The van der Waals surface area contributed by atoms with E-state index in [0.29, 0.717) is 17.1 Å². The molecule has 0 bridgehead atoms. The minimum atomic E-state index is -3.31. The summed E-state index contributed by atoms with van der Waals surface area (Å²) < 4.78 is 34.0. The Kier molecular flexibility index (Phi) is 2.01. The molecule has 6 heteroatoms. The van der Waals surface area contributed by atoms with E-state index in [-0.39, 0.29) is 11.7 Å². The van der Waals surface area contributed by atoms with Gasteiger partial charge in [-0.05, 0) is 24.5 Å². The molecule has 1 aromatic rings. The molecule has 5 nitrogen and oxygen atoms in total. The molecule has 17 heavy (non-hydrogen) atoms. The number of fused-ring (bicyclic) bond motifs is 1. The molecule has 1 fully saturated rings. The standard InChI is InChI=1S/C11H13NO4S/c1-17(13,14)10-5-9-8(15-6-16-9)4-7(10)11(12)2-3-11/h4-5H,2-3,6,12H2,1H3. The number of nitrogens with two attached hydrogens (primary N) is 1. The first-order valence-electron chi connectivity index (χ1n) is 5.33. The van der Waals surface area contributed by atoms with Gasteiger partial charge in [0, 0.05) is 17.9 Å². The molecule has 0 saturated heterocycles. The van der Waals surface area contributed by atoms with Gasteiger partial charge in [-0.1, -0.05) is 0 Å². The van der Waals surface area contributed by atoms with E-state index in [4.69, 9.17) is 15.2 Å². The van der Waals surface area contributed by atoms with Crippen LogP contribution in [0.1, 0.15) is 18.4 Å². The fourth-order valence-corrected chi connectivity index (χ4v) is 3.01. The van der Waals surface area contributed by atoms with E-state index < -0.39 is 15.4 Å². The minimum Gasteiger partial charge on any atom is -0.454 e. The van der Waals surface area contributed by atoms with Crippen molar-refractivity contribution in [3.63, 3.8) is 0 Å². The highest BCUT2D eigenvalue weighted by Gasteiger charge is 2.44. The van der Waals surface area contributed by atoms with Gasteiger partial charge in [-0.2, -0.15) is 0 Å². The zero-order valence-corrected chi connectivity index (χ0v) is 10.2. The van der Waals surface area contributed by atoms with Crippen LogP contribution >= 0.6 is 0 Å². The molecule has 2 aliphatic rings. The SMILES string of the molecule is CS(=O)(=O)c1cc2c(cc1C1(N)CC1)OCO2. The molecule has 1 aliphatic carbocycles. The summed E-state index contributed by atoms with van der Waals surface area (Å²) in [5.41, 5.74) is 6.23. The fraction of sp³-hybridized carbons (Fsp3) is 0.455. The summed E-state index contributed by atoms with van der Waals surface area (Å²) in [5.74, 6) is 1.04. The minimum absolute atomic E-state index is 0.125. The van der Waals surface area contributed by atoms with Crippen molar-refractivity contribution in [3.8, 4) is 11.5 Å². The Balaban J connectivity index is 2.25. The molecule has 0 amide bonds. The smallest absolute Gasteiger partial charge is 0.231 e. The number of benzene rings is 1. The van der Waals surface area contributed by atoms with E-state index in [2.05, 4.69) is 0 Å². The third-order valence-electron chi connectivity index (χ3n) is 3.20. The maximum atomic E-state index is 11.8. The number of ether oxygens (including phenoxy) is 2. The van der Waals surface area contributed by atoms with Crippen LogP contribution in [0.3, 0.4) is 0 Å². The maximum Gasteiger partial charge on any atom is 0.231 e. The zero-order valence-electron chi connectivity index (χ0n) is 9.39. The van der Waals surface area contributed by atoms with Crippen molar-refractivity contribution in [2.75, 3.05) is 13.0 Å². The third kappa shape index (κ3) is 1.68. The molecule has 2 N–H and O–H groups in total. The number of hydrogen-bond acceptors (Lipinski definition) is 5. The third-order valence-corrected chi connectivity index (χ3v) is 4.34. The van der Waals surface area contributed by atoms with Crippen molar-refractivity contribution in [1.82, 2.24) is 0 Å². The average molecular weight is 255 g/mol. The van der Waals surface area contributed by atoms with Gasteiger partial charge in [0.2, 0.25) is 6.79 Å². The summed E-state index contributed by atoms with van der Waals surface area (Å²) in [6.45, 7) is 0.125. The van der Waals surface area contributed by atoms with Gasteiger partial charge in [0.1, 0.15) is 0 Å². The number of rotatable bonds is 2. The lowest BCUT2D eigenvalue weighted by Gasteiger charge is -2.14. The summed E-state index contributed by atoms with van der Waals surface area (Å²) in [6, 6.07) is 3.21. The van der Waals surface area contributed by atoms with Crippen LogP contribution in [0, 0.1) is 0 Å². The molecule has 0 radical (unpaired) electrons. The molecule has 92 valence electrons. The summed E-state index contributed by atoms with van der Waals surface area (Å²) in [6.07, 6.45) is 2.78. The molecule has 1 heterocycles. The van der Waals surface area contributed by atoms with Crippen LogP contribution in [0.15, 0.2) is 17.0 Å². The summed E-state index contributed by atoms with van der Waals surface area (Å²) >= 11 is 0. The Morgan fingerprint density at radius 2 is 1.82 bits per heavy atom. The lowest BCUT2D eigenvalue weighted by Crippen LogP contribution is -2.22. The molecule has 1 aliphatic heterocycles. The Labute approximate surface area is 99.4 Å². The second kappa shape index (κ2) is 3.14. The Hall–Kier alpha value is -1.27. The maximum absolute atomic E-state index is 11.8. The van der Waals surface area contributed by atoms with Crippen molar-refractivity contribution >= 4 is 9.84 Å². The first-order valence-corrected chi connectivity index (χ1v) is 7.22. The molecule has 1 saturated carbocycles. The monoisotopic (exact) mass is 255 g/mol. The zero-order chi connectivity index (χ0) is 12.3. The van der Waals surface area contributed by atoms with E-state index in [0.717, 1.165) is 12.8 Å². The molecule has 0 spiro atoms. The lowest BCUT2D eigenvalue weighted by atomic mass is 10.1. The normalized spacial score (nSPS) is 20.4. The van der Waals surface area contributed by atoms with E-state index in [9.17, 15) is 8.42 Å². The molecule has 3 rings (SSSR count). The first kappa shape index (κ1) is 10.9. The summed E-state index contributed by atoms with van der Waals surface area (Å²) in [7, 11) is -3.31. The van der Waals surface area contributed by atoms with Gasteiger partial charge in [-0.3, -0.25) is 0 Å². The first-order chi connectivity index (χ1) is 7.90. The van der Waals surface area contributed by atoms with Gasteiger partial charge < -0.3 is 15.2 Å². The highest BCUT2D eigenvalue weighted by atomic mass is 32.2. The van der Waals surface area contributed by atoms with Gasteiger partial charge in [0.25, 0.3) is 0 Å². The van der Waals surface area contributed by atoms with Crippen LogP contribution < -0.4 is 15.2 Å². The Morgan fingerprint density at radius 3 is 2.35 bits per heavy atom. The molecule has 0 atom stereocenters. The molecular weight excluding hydrogens is 242 g/mol. The van der Waals surface area contributed by atoms with Crippen molar-refractivity contribution in [1.29, 1.82) is 0 Å². The molecule has 1 aromatic carbocycles. The second-order valence-electron chi connectivity index (χ2n) is 4.63. The van der Waals surface area contributed by atoms with Crippen molar-refractivity contribution in [2.45, 2.75) is 23.3 Å². The van der Waals surface area contributed by atoms with Crippen LogP contribution in [0.25, 0.3) is 0 Å². The average Bonchev–Trinajstić information content (AvgIpc) is 2.83. The van der Waals surface area contributed by atoms with Gasteiger partial charge in [0.05, 0.1) is 4.90 Å². The predicted molar refractivity (Wildman–Crippen MR) is 60.8 cm³/mol. The van der Waals surface area contributed by atoms with Crippen LogP contribution in [0.4, 0.5) is 0 Å². The van der Waals surface area contributed by atoms with Crippen LogP contribution in [-0.4, -0.2) is 21.5 Å². The Morgan fingerprint density at radius 1 is 1.24 bits per heavy atom. The van der Waals surface area contributed by atoms with Crippen molar-refractivity contribution in [2.24, 2.45) is 5.73 Å². The van der Waals surface area contributed by atoms with Crippen LogP contribution in [-0.2, 0) is 15.4 Å². The van der Waals surface area contributed by atoms with E-state index in [1.165, 1.54) is 12.3 Å². The van der Waals surface area contributed by atoms with Gasteiger partial charge in [0.15, 0.2) is 21.3 Å². The second-order valence-corrected chi connectivity index (χ2v) is 6.61. The summed E-state index contributed by atoms with van der Waals surface area (Å²) in [4.78, 5) is 0.252. The van der Waals surface area contributed by atoms with E-state index >= 15 is 0 Å². The highest BCUT2D eigenvalue weighted by Crippen LogP contribution is 2.48. The molecular formula is C11H13NO4S. The lowest BCUT2D eigenvalue weighted by molar-refractivity contribution is 0.174. The Bertz CT molecular complexity index is 590. The van der Waals surface area contributed by atoms with Crippen LogP contribution in [0.2, 0.25) is 0 Å². The molecule has 0 aromatic heterocycles. The van der Waals surface area contributed by atoms with E-state index in [1.54, 1.807) is 6.07 Å². The largest absolute Gasteiger partial charge is 0.454 e. The van der Waals surface area contributed by atoms with Crippen LogP contribution in [0.5, 0.6) is 11.5 Å². The fourth-order valence-electron chi connectivity index (χ4n) is 2.02. The van der Waals surface area contributed by atoms with Gasteiger partial charge in [-0.15, -0.1) is 0 Å².